The van der Waals surface area contributed by atoms with Gasteiger partial charge < -0.3 is 4.90 Å². The standard InChI is InChI=1S/C11H11N3O/c15-9-13-7-10-3-1-2-4-11(10)14-6-5-12-8-14/h1-4,8H,5-7H2. The number of rotatable bonds is 3. The highest BCUT2D eigenvalue weighted by Crippen LogP contribution is 2.21. The van der Waals surface area contributed by atoms with E-state index in [2.05, 4.69) is 14.9 Å². The van der Waals surface area contributed by atoms with Crippen molar-refractivity contribution >= 4 is 18.1 Å². The molecule has 1 aromatic rings. The van der Waals surface area contributed by atoms with Crippen LogP contribution in [0.3, 0.4) is 0 Å². The van der Waals surface area contributed by atoms with E-state index in [-0.39, 0.29) is 0 Å². The van der Waals surface area contributed by atoms with Crippen molar-refractivity contribution in [3.05, 3.63) is 29.8 Å². The summed E-state index contributed by atoms with van der Waals surface area (Å²) < 4.78 is 0. The van der Waals surface area contributed by atoms with Gasteiger partial charge in [-0.1, -0.05) is 18.2 Å². The SMILES string of the molecule is O=C=NCc1ccccc1N1C=NCC1. The molecule has 15 heavy (non-hydrogen) atoms. The van der Waals surface area contributed by atoms with Crippen LogP contribution in [0.2, 0.25) is 0 Å². The number of isocyanates is 1. The van der Waals surface area contributed by atoms with Crippen LogP contribution in [0.4, 0.5) is 5.69 Å². The Hall–Kier alpha value is -1.93. The van der Waals surface area contributed by atoms with E-state index in [9.17, 15) is 4.79 Å². The van der Waals surface area contributed by atoms with Crippen LogP contribution in [-0.2, 0) is 11.3 Å². The Kier molecular flexibility index (Phi) is 2.90. The fourth-order valence-electron chi connectivity index (χ4n) is 1.60. The first kappa shape index (κ1) is 9.62. The fraction of sp³-hybridized carbons (Fsp3) is 0.273. The van der Waals surface area contributed by atoms with Gasteiger partial charge in [0.05, 0.1) is 19.4 Å². The van der Waals surface area contributed by atoms with Crippen molar-refractivity contribution in [2.45, 2.75) is 6.54 Å². The molecule has 1 heterocycles. The first-order valence-corrected chi connectivity index (χ1v) is 4.80. The summed E-state index contributed by atoms with van der Waals surface area (Å²) in [6, 6.07) is 7.87. The van der Waals surface area contributed by atoms with Gasteiger partial charge in [-0.25, -0.2) is 9.79 Å². The van der Waals surface area contributed by atoms with Crippen molar-refractivity contribution in [1.82, 2.24) is 0 Å². The maximum Gasteiger partial charge on any atom is 0.235 e. The summed E-state index contributed by atoms with van der Waals surface area (Å²) in [5.41, 5.74) is 2.09. The molecule has 4 nitrogen and oxygen atoms in total. The summed E-state index contributed by atoms with van der Waals surface area (Å²) in [6.07, 6.45) is 3.38. The second-order valence-corrected chi connectivity index (χ2v) is 3.25. The van der Waals surface area contributed by atoms with Gasteiger partial charge in [0.15, 0.2) is 0 Å². The first-order chi connectivity index (χ1) is 7.42. The zero-order valence-corrected chi connectivity index (χ0v) is 8.26. The number of anilines is 1. The zero-order chi connectivity index (χ0) is 10.5. The molecule has 0 unspecified atom stereocenters. The quantitative estimate of drug-likeness (QED) is 0.547. The minimum atomic E-state index is 0.379. The minimum Gasteiger partial charge on any atom is -0.331 e. The van der Waals surface area contributed by atoms with Gasteiger partial charge in [0.2, 0.25) is 6.08 Å². The Morgan fingerprint density at radius 1 is 1.47 bits per heavy atom. The molecule has 0 fully saturated rings. The molecule has 0 N–H and O–H groups in total. The number of carbonyl (C=O) groups excluding carboxylic acids is 1. The van der Waals surface area contributed by atoms with E-state index in [1.165, 1.54) is 0 Å². The Balaban J connectivity index is 2.28. The summed E-state index contributed by atoms with van der Waals surface area (Å²) >= 11 is 0. The number of aliphatic imine (C=N–C) groups is 2. The van der Waals surface area contributed by atoms with E-state index in [1.807, 2.05) is 30.6 Å². The molecule has 1 aliphatic heterocycles. The van der Waals surface area contributed by atoms with E-state index in [0.717, 1.165) is 24.3 Å². The van der Waals surface area contributed by atoms with E-state index < -0.39 is 0 Å². The molecule has 0 spiro atoms. The molecule has 0 bridgehead atoms. The molecule has 0 radical (unpaired) electrons. The largest absolute Gasteiger partial charge is 0.331 e. The number of para-hydroxylation sites is 1. The Labute approximate surface area is 88.0 Å². The van der Waals surface area contributed by atoms with Gasteiger partial charge >= 0.3 is 0 Å². The van der Waals surface area contributed by atoms with Gasteiger partial charge in [0.25, 0.3) is 0 Å². The average Bonchev–Trinajstić information content (AvgIpc) is 2.80. The van der Waals surface area contributed by atoms with Gasteiger partial charge in [-0.05, 0) is 11.6 Å². The lowest BCUT2D eigenvalue weighted by Crippen LogP contribution is -2.19. The monoisotopic (exact) mass is 201 g/mol. The third kappa shape index (κ3) is 2.11. The second-order valence-electron chi connectivity index (χ2n) is 3.25. The summed E-state index contributed by atoms with van der Waals surface area (Å²) in [4.78, 5) is 19.9. The second kappa shape index (κ2) is 4.53. The molecule has 0 saturated carbocycles. The highest BCUT2D eigenvalue weighted by Gasteiger charge is 2.11. The van der Waals surface area contributed by atoms with Gasteiger partial charge in [-0.3, -0.25) is 4.99 Å². The van der Waals surface area contributed by atoms with Crippen LogP contribution in [0.25, 0.3) is 0 Å². The molecule has 0 amide bonds. The lowest BCUT2D eigenvalue weighted by Gasteiger charge is -2.16. The maximum atomic E-state index is 10.1. The summed E-state index contributed by atoms with van der Waals surface area (Å²) in [5.74, 6) is 0. The minimum absolute atomic E-state index is 0.379. The molecule has 2 rings (SSSR count). The predicted octanol–water partition coefficient (Wildman–Crippen LogP) is 1.37. The molecule has 4 heteroatoms. The first-order valence-electron chi connectivity index (χ1n) is 4.80. The Morgan fingerprint density at radius 2 is 2.33 bits per heavy atom. The third-order valence-electron chi connectivity index (χ3n) is 2.31. The van der Waals surface area contributed by atoms with Crippen LogP contribution in [-0.4, -0.2) is 25.5 Å². The lowest BCUT2D eigenvalue weighted by molar-refractivity contribution is 0.563. The molecule has 0 saturated heterocycles. The van der Waals surface area contributed by atoms with Crippen molar-refractivity contribution in [2.24, 2.45) is 9.98 Å². The highest BCUT2D eigenvalue weighted by molar-refractivity contribution is 5.82. The maximum absolute atomic E-state index is 10.1. The van der Waals surface area contributed by atoms with Crippen molar-refractivity contribution in [3.8, 4) is 0 Å². The van der Waals surface area contributed by atoms with Crippen molar-refractivity contribution in [1.29, 1.82) is 0 Å². The van der Waals surface area contributed by atoms with Crippen molar-refractivity contribution in [2.75, 3.05) is 18.0 Å². The van der Waals surface area contributed by atoms with Crippen LogP contribution in [0.5, 0.6) is 0 Å². The summed E-state index contributed by atoms with van der Waals surface area (Å²) in [5, 5.41) is 0. The fourth-order valence-corrected chi connectivity index (χ4v) is 1.60. The third-order valence-corrected chi connectivity index (χ3v) is 2.31. The molecule has 1 aliphatic rings. The highest BCUT2D eigenvalue weighted by atomic mass is 16.1. The molecule has 0 aromatic heterocycles. The number of benzene rings is 1. The summed E-state index contributed by atoms with van der Waals surface area (Å²) in [7, 11) is 0. The zero-order valence-electron chi connectivity index (χ0n) is 8.26. The van der Waals surface area contributed by atoms with Gasteiger partial charge in [-0.15, -0.1) is 0 Å². The number of hydrogen-bond donors (Lipinski definition) is 0. The molecule has 1 aromatic carbocycles. The lowest BCUT2D eigenvalue weighted by atomic mass is 10.1. The molecule has 0 aliphatic carbocycles. The van der Waals surface area contributed by atoms with Crippen LogP contribution < -0.4 is 4.90 Å². The van der Waals surface area contributed by atoms with E-state index in [1.54, 1.807) is 6.08 Å². The number of nitrogens with zero attached hydrogens (tertiary/aromatic N) is 3. The topological polar surface area (TPSA) is 45.0 Å². The van der Waals surface area contributed by atoms with Crippen molar-refractivity contribution in [3.63, 3.8) is 0 Å². The number of hydrogen-bond acceptors (Lipinski definition) is 4. The van der Waals surface area contributed by atoms with Crippen molar-refractivity contribution < 1.29 is 4.79 Å². The van der Waals surface area contributed by atoms with Gasteiger partial charge in [0, 0.05) is 12.2 Å². The van der Waals surface area contributed by atoms with Crippen LogP contribution >= 0.6 is 0 Å². The summed E-state index contributed by atoms with van der Waals surface area (Å²) in [6.45, 7) is 2.09. The van der Waals surface area contributed by atoms with E-state index in [4.69, 9.17) is 0 Å². The average molecular weight is 201 g/mol. The van der Waals surface area contributed by atoms with Crippen LogP contribution in [0, 0.1) is 0 Å². The van der Waals surface area contributed by atoms with Crippen LogP contribution in [0.15, 0.2) is 34.3 Å². The van der Waals surface area contributed by atoms with E-state index in [0.29, 0.717) is 6.54 Å². The Morgan fingerprint density at radius 3 is 3.07 bits per heavy atom. The van der Waals surface area contributed by atoms with Gasteiger partial charge in [-0.2, -0.15) is 0 Å². The van der Waals surface area contributed by atoms with E-state index >= 15 is 0 Å². The molecule has 76 valence electrons. The molecular weight excluding hydrogens is 190 g/mol. The molecule has 0 atom stereocenters. The predicted molar refractivity (Wildman–Crippen MR) is 59.0 cm³/mol. The molecular formula is C11H11N3O. The van der Waals surface area contributed by atoms with Crippen LogP contribution in [0.1, 0.15) is 5.56 Å². The Bertz CT molecular complexity index is 422. The smallest absolute Gasteiger partial charge is 0.235 e. The normalized spacial score (nSPS) is 14.0. The van der Waals surface area contributed by atoms with Gasteiger partial charge in [0.1, 0.15) is 0 Å².